The van der Waals surface area contributed by atoms with E-state index in [0.29, 0.717) is 0 Å². The van der Waals surface area contributed by atoms with Gasteiger partial charge >= 0.3 is 0 Å². The summed E-state index contributed by atoms with van der Waals surface area (Å²) in [6, 6.07) is 30.9. The predicted octanol–water partition coefficient (Wildman–Crippen LogP) is 7.14. The van der Waals surface area contributed by atoms with E-state index in [9.17, 15) is 0 Å². The summed E-state index contributed by atoms with van der Waals surface area (Å²) in [5, 5.41) is 15.0. The van der Waals surface area contributed by atoms with E-state index >= 15 is 0 Å². The Morgan fingerprint density at radius 3 is 2.05 bits per heavy atom. The quantitative estimate of drug-likeness (QED) is 0.259. The minimum absolute atomic E-state index is 0.809. The van der Waals surface area contributed by atoms with Crippen LogP contribution in [0.3, 0.4) is 0 Å². The molecule has 3 aromatic carbocycles. The highest BCUT2D eigenvalue weighted by atomic mass is 32.1. The lowest BCUT2D eigenvalue weighted by Gasteiger charge is -2.07. The third-order valence-electron chi connectivity index (χ3n) is 6.65. The number of hydrogen-bond donors (Lipinski definition) is 0. The first-order chi connectivity index (χ1) is 18.2. The van der Waals surface area contributed by atoms with E-state index in [2.05, 4.69) is 76.2 Å². The Bertz CT molecular complexity index is 1880. The Kier molecular flexibility index (Phi) is 4.97. The summed E-state index contributed by atoms with van der Waals surface area (Å²) in [6.07, 6.45) is 2.05. The number of para-hydroxylation sites is 1. The third kappa shape index (κ3) is 3.47. The van der Waals surface area contributed by atoms with Gasteiger partial charge in [0.1, 0.15) is 11.2 Å². The molecule has 0 saturated heterocycles. The molecule has 4 aromatic heterocycles. The molecule has 37 heavy (non-hydrogen) atoms. The molecule has 0 spiro atoms. The molecule has 0 saturated carbocycles. The topological polar surface area (TPSA) is 60.9 Å². The zero-order chi connectivity index (χ0) is 24.9. The summed E-state index contributed by atoms with van der Waals surface area (Å²) >= 11 is 1.64. The Hall–Kier alpha value is -4.62. The SMILES string of the molecule is Cc1nnc(-c2sc3nc(-c4ccccc4)c(-c4ccccc4)n3c2C)c2cn(-c3ccccc3)nc12. The summed E-state index contributed by atoms with van der Waals surface area (Å²) < 4.78 is 4.16. The molecule has 0 aliphatic rings. The second-order valence-electron chi connectivity index (χ2n) is 8.98. The molecule has 0 amide bonds. The maximum Gasteiger partial charge on any atom is 0.195 e. The molecule has 0 aliphatic carbocycles. The third-order valence-corrected chi connectivity index (χ3v) is 7.80. The largest absolute Gasteiger partial charge is 0.286 e. The van der Waals surface area contributed by atoms with Gasteiger partial charge in [0.25, 0.3) is 0 Å². The summed E-state index contributed by atoms with van der Waals surface area (Å²) in [6.45, 7) is 4.09. The van der Waals surface area contributed by atoms with Crippen molar-refractivity contribution in [2.75, 3.05) is 0 Å². The predicted molar refractivity (Wildman–Crippen MR) is 149 cm³/mol. The molecule has 0 radical (unpaired) electrons. The van der Waals surface area contributed by atoms with Crippen LogP contribution in [0.1, 0.15) is 11.4 Å². The lowest BCUT2D eigenvalue weighted by molar-refractivity contribution is 0.891. The van der Waals surface area contributed by atoms with Gasteiger partial charge in [0.2, 0.25) is 0 Å². The van der Waals surface area contributed by atoms with Crippen molar-refractivity contribution in [2.45, 2.75) is 13.8 Å². The van der Waals surface area contributed by atoms with Crippen LogP contribution in [0.4, 0.5) is 0 Å². The number of imidazole rings is 1. The summed E-state index contributed by atoms with van der Waals surface area (Å²) in [7, 11) is 0. The van der Waals surface area contributed by atoms with Crippen LogP contribution in [-0.4, -0.2) is 29.4 Å². The van der Waals surface area contributed by atoms with Crippen LogP contribution >= 0.6 is 11.3 Å². The molecule has 0 bridgehead atoms. The van der Waals surface area contributed by atoms with Crippen molar-refractivity contribution >= 4 is 27.2 Å². The zero-order valence-corrected chi connectivity index (χ0v) is 21.1. The molecule has 0 atom stereocenters. The second kappa shape index (κ2) is 8.50. The highest BCUT2D eigenvalue weighted by Crippen LogP contribution is 2.41. The van der Waals surface area contributed by atoms with Crippen LogP contribution in [0, 0.1) is 13.8 Å². The Morgan fingerprint density at radius 1 is 0.703 bits per heavy atom. The van der Waals surface area contributed by atoms with E-state index in [1.165, 1.54) is 0 Å². The normalized spacial score (nSPS) is 11.5. The molecular weight excluding hydrogens is 476 g/mol. The second-order valence-corrected chi connectivity index (χ2v) is 9.96. The summed E-state index contributed by atoms with van der Waals surface area (Å²) in [5.74, 6) is 0. The van der Waals surface area contributed by atoms with Gasteiger partial charge in [0.05, 0.1) is 33.0 Å². The van der Waals surface area contributed by atoms with E-state index in [-0.39, 0.29) is 0 Å². The molecule has 4 heterocycles. The molecule has 0 N–H and O–H groups in total. The molecule has 7 rings (SSSR count). The Balaban J connectivity index is 1.48. The fourth-order valence-electron chi connectivity index (χ4n) is 4.85. The number of fused-ring (bicyclic) bond motifs is 2. The number of benzene rings is 3. The highest BCUT2D eigenvalue weighted by Gasteiger charge is 2.24. The van der Waals surface area contributed by atoms with Crippen molar-refractivity contribution in [3.8, 4) is 38.8 Å². The number of thiazole rings is 1. The van der Waals surface area contributed by atoms with Crippen LogP contribution in [0.15, 0.2) is 97.2 Å². The van der Waals surface area contributed by atoms with Gasteiger partial charge in [0, 0.05) is 23.0 Å². The summed E-state index contributed by atoms with van der Waals surface area (Å²) in [5.41, 5.74) is 8.86. The average Bonchev–Trinajstić information content (AvgIpc) is 3.64. The average molecular weight is 499 g/mol. The molecule has 7 aromatic rings. The van der Waals surface area contributed by atoms with Crippen LogP contribution in [-0.2, 0) is 0 Å². The fourth-order valence-corrected chi connectivity index (χ4v) is 5.97. The van der Waals surface area contributed by atoms with Crippen molar-refractivity contribution in [2.24, 2.45) is 0 Å². The molecule has 0 fully saturated rings. The number of hydrogen-bond acceptors (Lipinski definition) is 5. The number of nitrogens with zero attached hydrogens (tertiary/aromatic N) is 6. The van der Waals surface area contributed by atoms with Gasteiger partial charge in [-0.15, -0.1) is 5.10 Å². The van der Waals surface area contributed by atoms with Gasteiger partial charge < -0.3 is 0 Å². The van der Waals surface area contributed by atoms with E-state index < -0.39 is 0 Å². The molecule has 0 aliphatic heterocycles. The summed E-state index contributed by atoms with van der Waals surface area (Å²) in [4.78, 5) is 7.10. The van der Waals surface area contributed by atoms with Gasteiger partial charge in [-0.3, -0.25) is 4.40 Å². The van der Waals surface area contributed by atoms with Crippen molar-refractivity contribution < 1.29 is 0 Å². The van der Waals surface area contributed by atoms with Crippen LogP contribution in [0.5, 0.6) is 0 Å². The smallest absolute Gasteiger partial charge is 0.195 e. The standard InChI is InChI=1S/C30H22N6S/c1-19-25-24(18-35(34-25)23-16-10-5-11-17-23)27(33-32-19)29-20(2)36-28(22-14-8-4-9-15-22)26(31-30(36)37-29)21-12-6-3-7-13-21/h3-18H,1-2H3. The molecule has 178 valence electrons. The van der Waals surface area contributed by atoms with E-state index in [4.69, 9.17) is 10.1 Å². The monoisotopic (exact) mass is 498 g/mol. The van der Waals surface area contributed by atoms with E-state index in [1.807, 2.05) is 54.1 Å². The van der Waals surface area contributed by atoms with Gasteiger partial charge in [-0.1, -0.05) is 90.2 Å². The minimum Gasteiger partial charge on any atom is -0.286 e. The number of aryl methyl sites for hydroxylation is 2. The van der Waals surface area contributed by atoms with Crippen LogP contribution < -0.4 is 0 Å². The van der Waals surface area contributed by atoms with Gasteiger partial charge in [-0.2, -0.15) is 10.2 Å². The highest BCUT2D eigenvalue weighted by molar-refractivity contribution is 7.20. The maximum absolute atomic E-state index is 5.13. The van der Waals surface area contributed by atoms with Gasteiger partial charge in [-0.05, 0) is 26.0 Å². The van der Waals surface area contributed by atoms with Crippen LogP contribution in [0.25, 0.3) is 54.6 Å². The molecule has 7 heteroatoms. The van der Waals surface area contributed by atoms with Crippen molar-refractivity contribution in [1.29, 1.82) is 0 Å². The lowest BCUT2D eigenvalue weighted by Crippen LogP contribution is -1.95. The van der Waals surface area contributed by atoms with Gasteiger partial charge in [-0.25, -0.2) is 9.67 Å². The fraction of sp³-hybridized carbons (Fsp3) is 0.0667. The Morgan fingerprint density at radius 2 is 1.35 bits per heavy atom. The minimum atomic E-state index is 0.809. The van der Waals surface area contributed by atoms with Crippen molar-refractivity contribution in [1.82, 2.24) is 29.4 Å². The lowest BCUT2D eigenvalue weighted by atomic mass is 10.0. The van der Waals surface area contributed by atoms with Crippen LogP contribution in [0.2, 0.25) is 0 Å². The van der Waals surface area contributed by atoms with Crippen molar-refractivity contribution in [3.05, 3.63) is 109 Å². The van der Waals surface area contributed by atoms with E-state index in [0.717, 1.165) is 66.0 Å². The molecule has 6 nitrogen and oxygen atoms in total. The first-order valence-electron chi connectivity index (χ1n) is 12.1. The Labute approximate surface area is 217 Å². The number of rotatable bonds is 4. The van der Waals surface area contributed by atoms with Crippen molar-refractivity contribution in [3.63, 3.8) is 0 Å². The maximum atomic E-state index is 5.13. The van der Waals surface area contributed by atoms with E-state index in [1.54, 1.807) is 11.3 Å². The molecular formula is C30H22N6S. The first kappa shape index (κ1) is 21.6. The first-order valence-corrected chi connectivity index (χ1v) is 12.9. The number of aromatic nitrogens is 6. The zero-order valence-electron chi connectivity index (χ0n) is 20.3. The molecule has 0 unspecified atom stereocenters. The van der Waals surface area contributed by atoms with Gasteiger partial charge in [0.15, 0.2) is 4.96 Å².